The number of fused-ring (bicyclic) bond motifs is 1. The van der Waals surface area contributed by atoms with Gasteiger partial charge in [-0.3, -0.25) is 4.79 Å². The summed E-state index contributed by atoms with van der Waals surface area (Å²) in [7, 11) is -2.73. The fourth-order valence-corrected chi connectivity index (χ4v) is 2.65. The van der Waals surface area contributed by atoms with E-state index >= 15 is 0 Å². The predicted molar refractivity (Wildman–Crippen MR) is 92.2 cm³/mol. The molecule has 0 amide bonds. The van der Waals surface area contributed by atoms with Crippen LogP contribution in [0.2, 0.25) is 0 Å². The van der Waals surface area contributed by atoms with Gasteiger partial charge in [0.1, 0.15) is 11.5 Å². The third kappa shape index (κ3) is 3.78. The fraction of sp³-hybridized carbons (Fsp3) is 0.0667. The zero-order chi connectivity index (χ0) is 16.4. The van der Waals surface area contributed by atoms with Gasteiger partial charge in [-0.25, -0.2) is 22.5 Å². The summed E-state index contributed by atoms with van der Waals surface area (Å²) in [5.41, 5.74) is 1.55. The smallest absolute Gasteiger partial charge is 0.249 e. The Morgan fingerprint density at radius 3 is 2.62 bits per heavy atom. The highest BCUT2D eigenvalue weighted by molar-refractivity contribution is 7.70. The van der Waals surface area contributed by atoms with Crippen molar-refractivity contribution >= 4 is 34.3 Å². The Bertz CT molecular complexity index is 1010. The summed E-state index contributed by atoms with van der Waals surface area (Å²) in [5.74, 6) is -0.482. The molecule has 2 aromatic heterocycles. The number of benzene rings is 1. The van der Waals surface area contributed by atoms with Crippen LogP contribution >= 0.6 is 12.4 Å². The molecule has 1 aromatic carbocycles. The average Bonchev–Trinajstić information content (AvgIpc) is 2.52. The maximum Gasteiger partial charge on any atom is 0.249 e. The van der Waals surface area contributed by atoms with E-state index in [0.717, 1.165) is 0 Å². The Hall–Kier alpha value is -2.29. The summed E-state index contributed by atoms with van der Waals surface area (Å²) < 4.78 is 37.7. The quantitative estimate of drug-likeness (QED) is 0.611. The second-order valence-electron chi connectivity index (χ2n) is 4.85. The molecule has 0 bridgehead atoms. The third-order valence-corrected chi connectivity index (χ3v) is 3.79. The minimum Gasteiger partial charge on any atom is -0.307 e. The maximum absolute atomic E-state index is 14.4. The van der Waals surface area contributed by atoms with Crippen LogP contribution in [0.3, 0.4) is 0 Å². The molecule has 0 radical (unpaired) electrons. The number of nitrogens with zero attached hydrogens (tertiary/aromatic N) is 1. The highest BCUT2D eigenvalue weighted by Crippen LogP contribution is 2.28. The summed E-state index contributed by atoms with van der Waals surface area (Å²) in [6.45, 7) is 0.0281. The molecule has 126 valence electrons. The number of pyridine rings is 2. The van der Waals surface area contributed by atoms with Crippen molar-refractivity contribution in [1.82, 2.24) is 14.7 Å². The second-order valence-corrected chi connectivity index (χ2v) is 5.68. The fourth-order valence-electron chi connectivity index (χ4n) is 2.34. The summed E-state index contributed by atoms with van der Waals surface area (Å²) in [5, 5.41) is 0.625. The topological polar surface area (TPSA) is 91.9 Å². The molecule has 0 atom stereocenters. The molecule has 3 aromatic rings. The van der Waals surface area contributed by atoms with Gasteiger partial charge in [0, 0.05) is 29.8 Å². The molecule has 0 saturated heterocycles. The van der Waals surface area contributed by atoms with Crippen molar-refractivity contribution in [2.75, 3.05) is 0 Å². The van der Waals surface area contributed by atoms with Gasteiger partial charge in [0.2, 0.25) is 16.4 Å². The Morgan fingerprint density at radius 1 is 1.12 bits per heavy atom. The highest BCUT2D eigenvalue weighted by Gasteiger charge is 2.10. The molecule has 0 fully saturated rings. The van der Waals surface area contributed by atoms with Crippen molar-refractivity contribution < 1.29 is 12.8 Å². The minimum atomic E-state index is -2.73. The first-order valence-corrected chi connectivity index (χ1v) is 7.87. The molecular weight excluding hydrogens is 357 g/mol. The third-order valence-electron chi connectivity index (χ3n) is 3.37. The van der Waals surface area contributed by atoms with Crippen LogP contribution in [0.25, 0.3) is 22.2 Å². The lowest BCUT2D eigenvalue weighted by molar-refractivity contribution is 0.600. The van der Waals surface area contributed by atoms with E-state index in [9.17, 15) is 17.6 Å². The summed E-state index contributed by atoms with van der Waals surface area (Å²) in [6, 6.07) is 9.10. The molecule has 2 heterocycles. The van der Waals surface area contributed by atoms with Crippen LogP contribution in [0.4, 0.5) is 4.39 Å². The Balaban J connectivity index is 0.00000208. The van der Waals surface area contributed by atoms with Crippen LogP contribution in [0.1, 0.15) is 5.56 Å². The molecule has 0 spiro atoms. The molecular formula is C15H13ClFN3O3S. The molecule has 0 aliphatic carbocycles. The van der Waals surface area contributed by atoms with Gasteiger partial charge in [-0.1, -0.05) is 12.1 Å². The zero-order valence-electron chi connectivity index (χ0n) is 12.2. The molecule has 9 heteroatoms. The highest BCUT2D eigenvalue weighted by atomic mass is 35.5. The SMILES string of the molecule is Cl.O=c1ccc2c(-c3ccc(CN[SH](=O)=O)cc3F)ccnc2[nH]1. The number of aromatic amines is 1. The van der Waals surface area contributed by atoms with Crippen LogP contribution in [0.15, 0.2) is 47.4 Å². The lowest BCUT2D eigenvalue weighted by Crippen LogP contribution is -2.10. The van der Waals surface area contributed by atoms with E-state index in [4.69, 9.17) is 0 Å². The largest absolute Gasteiger partial charge is 0.307 e. The van der Waals surface area contributed by atoms with Gasteiger partial charge in [0.25, 0.3) is 0 Å². The standard InChI is InChI=1S/C15H12FN3O3S.ClH/c16-13-7-9(8-18-23(21)22)1-2-11(13)10-5-6-17-15-12(10)3-4-14(20)19-15;/h1-7,23H,8H2,(H,17,19,20)(H,18,21,22);1H. The number of hydrogen-bond acceptors (Lipinski definition) is 4. The van der Waals surface area contributed by atoms with Crippen LogP contribution < -0.4 is 10.3 Å². The lowest BCUT2D eigenvalue weighted by atomic mass is 10.0. The van der Waals surface area contributed by atoms with Crippen molar-refractivity contribution in [3.05, 3.63) is 64.3 Å². The van der Waals surface area contributed by atoms with Crippen LogP contribution in [0, 0.1) is 5.82 Å². The monoisotopic (exact) mass is 369 g/mol. The number of thiol groups is 1. The van der Waals surface area contributed by atoms with Crippen molar-refractivity contribution in [3.8, 4) is 11.1 Å². The van der Waals surface area contributed by atoms with E-state index in [1.807, 2.05) is 0 Å². The average molecular weight is 370 g/mol. The number of nitrogens with one attached hydrogen (secondary N) is 2. The Labute approximate surface area is 144 Å². The van der Waals surface area contributed by atoms with Gasteiger partial charge >= 0.3 is 0 Å². The number of H-pyrrole nitrogens is 1. The van der Waals surface area contributed by atoms with Crippen molar-refractivity contribution in [2.24, 2.45) is 0 Å². The normalized spacial score (nSPS) is 10.8. The van der Waals surface area contributed by atoms with E-state index in [0.29, 0.717) is 27.7 Å². The van der Waals surface area contributed by atoms with Gasteiger partial charge in [0.05, 0.1) is 0 Å². The Morgan fingerprint density at radius 2 is 1.92 bits per heavy atom. The number of rotatable bonds is 4. The first-order chi connectivity index (χ1) is 11.0. The van der Waals surface area contributed by atoms with Crippen LogP contribution in [-0.2, 0) is 17.4 Å². The van der Waals surface area contributed by atoms with Crippen molar-refractivity contribution in [1.29, 1.82) is 0 Å². The van der Waals surface area contributed by atoms with E-state index < -0.39 is 16.7 Å². The van der Waals surface area contributed by atoms with Gasteiger partial charge in [0.15, 0.2) is 0 Å². The van der Waals surface area contributed by atoms with E-state index in [1.54, 1.807) is 24.3 Å². The zero-order valence-corrected chi connectivity index (χ0v) is 13.9. The van der Waals surface area contributed by atoms with Crippen LogP contribution in [0.5, 0.6) is 0 Å². The summed E-state index contributed by atoms with van der Waals surface area (Å²) in [6.07, 6.45) is 1.49. The second kappa shape index (κ2) is 7.52. The first-order valence-electron chi connectivity index (χ1n) is 6.69. The molecule has 6 nitrogen and oxygen atoms in total. The van der Waals surface area contributed by atoms with Crippen molar-refractivity contribution in [3.63, 3.8) is 0 Å². The maximum atomic E-state index is 14.4. The summed E-state index contributed by atoms with van der Waals surface area (Å²) in [4.78, 5) is 18.0. The molecule has 3 rings (SSSR count). The van der Waals surface area contributed by atoms with Gasteiger partial charge in [-0.05, 0) is 29.3 Å². The van der Waals surface area contributed by atoms with E-state index in [1.165, 1.54) is 18.3 Å². The number of hydrogen-bond donors (Lipinski definition) is 3. The number of aromatic nitrogens is 2. The predicted octanol–water partition coefficient (Wildman–Crippen LogP) is 1.77. The lowest BCUT2D eigenvalue weighted by Gasteiger charge is -2.08. The molecule has 24 heavy (non-hydrogen) atoms. The Kier molecular flexibility index (Phi) is 5.66. The first kappa shape index (κ1) is 18.1. The van der Waals surface area contributed by atoms with Gasteiger partial charge < -0.3 is 4.98 Å². The molecule has 0 aliphatic rings. The molecule has 0 aliphatic heterocycles. The van der Waals surface area contributed by atoms with E-state index in [2.05, 4.69) is 14.7 Å². The van der Waals surface area contributed by atoms with Crippen molar-refractivity contribution in [2.45, 2.75) is 6.54 Å². The molecule has 2 N–H and O–H groups in total. The van der Waals surface area contributed by atoms with Crippen LogP contribution in [-0.4, -0.2) is 18.4 Å². The van der Waals surface area contributed by atoms with E-state index in [-0.39, 0.29) is 24.5 Å². The van der Waals surface area contributed by atoms with Gasteiger partial charge in [-0.15, -0.1) is 12.4 Å². The minimum absolute atomic E-state index is 0. The molecule has 0 saturated carbocycles. The number of halogens is 2. The van der Waals surface area contributed by atoms with Gasteiger partial charge in [-0.2, -0.15) is 0 Å². The molecule has 0 unspecified atom stereocenters. The summed E-state index contributed by atoms with van der Waals surface area (Å²) >= 11 is 0.